The van der Waals surface area contributed by atoms with Gasteiger partial charge in [0.05, 0.1) is 0 Å². The van der Waals surface area contributed by atoms with E-state index in [1.54, 1.807) is 0 Å². The second-order valence-corrected chi connectivity index (χ2v) is 1.94. The van der Waals surface area contributed by atoms with Crippen molar-refractivity contribution in [1.82, 2.24) is 0 Å². The molecule has 0 aromatic rings. The first kappa shape index (κ1) is 5.17. The molecule has 0 heterocycles. The highest BCUT2D eigenvalue weighted by atomic mass is 31.0. The molecule has 0 rings (SSSR count). The second-order valence-electron chi connectivity index (χ2n) is 1.03. The van der Waals surface area contributed by atoms with Crippen LogP contribution in [0.2, 0.25) is 0 Å². The molecule has 0 saturated heterocycles. The Balaban J connectivity index is 3.14. The lowest BCUT2D eigenvalue weighted by Gasteiger charge is -1.74. The molecule has 0 aromatic carbocycles. The van der Waals surface area contributed by atoms with Crippen LogP contribution in [0.25, 0.3) is 0 Å². The molecule has 30 valence electrons. The summed E-state index contributed by atoms with van der Waals surface area (Å²) in [5, 5.41) is 1.30. The van der Waals surface area contributed by atoms with E-state index in [2.05, 4.69) is 9.24 Å². The zero-order valence-electron chi connectivity index (χ0n) is 3.65. The van der Waals surface area contributed by atoms with E-state index in [1.807, 2.05) is 19.9 Å². The molecule has 0 radical (unpaired) electrons. The maximum Gasteiger partial charge on any atom is -0.0402 e. The molecule has 0 fully saturated rings. The number of allylic oxidation sites excluding steroid dienone is 2. The molecule has 0 aliphatic rings. The molecule has 0 aromatic heterocycles. The van der Waals surface area contributed by atoms with E-state index in [0.29, 0.717) is 0 Å². The summed E-state index contributed by atoms with van der Waals surface area (Å²) < 4.78 is 0. The van der Waals surface area contributed by atoms with Crippen molar-refractivity contribution in [3.8, 4) is 0 Å². The van der Waals surface area contributed by atoms with Gasteiger partial charge in [0.2, 0.25) is 0 Å². The minimum atomic E-state index is 1.30. The molecule has 0 nitrogen and oxygen atoms in total. The van der Waals surface area contributed by atoms with Crippen LogP contribution in [0, 0.1) is 0 Å². The molecule has 1 atom stereocenters. The molecule has 0 aliphatic heterocycles. The minimum absolute atomic E-state index is 1.30. The van der Waals surface area contributed by atoms with E-state index in [1.165, 1.54) is 5.31 Å². The van der Waals surface area contributed by atoms with Gasteiger partial charge in [-0.3, -0.25) is 0 Å². The van der Waals surface area contributed by atoms with Gasteiger partial charge in [-0.15, -0.1) is 9.24 Å². The summed E-state index contributed by atoms with van der Waals surface area (Å²) in [6, 6.07) is 0. The molecule has 0 spiro atoms. The lowest BCUT2D eigenvalue weighted by Crippen LogP contribution is -1.43. The Kier molecular flexibility index (Phi) is 2.49. The van der Waals surface area contributed by atoms with E-state index in [9.17, 15) is 0 Å². The van der Waals surface area contributed by atoms with Crippen molar-refractivity contribution in [3.63, 3.8) is 0 Å². The monoisotopic (exact) mass is 88.0 g/mol. The lowest BCUT2D eigenvalue weighted by atomic mass is 10.6. The smallest absolute Gasteiger partial charge is 0.0402 e. The molecule has 1 unspecified atom stereocenters. The van der Waals surface area contributed by atoms with Crippen LogP contribution in [-0.4, -0.2) is 0 Å². The van der Waals surface area contributed by atoms with Crippen LogP contribution >= 0.6 is 9.24 Å². The third-order valence-electron chi connectivity index (χ3n) is 0.455. The maximum absolute atomic E-state index is 2.59. The Hall–Kier alpha value is 0.170. The average Bonchev–Trinajstić information content (AvgIpc) is 1.38. The quantitative estimate of drug-likeness (QED) is 0.396. The zero-order valence-corrected chi connectivity index (χ0v) is 4.81. The van der Waals surface area contributed by atoms with Gasteiger partial charge in [0.25, 0.3) is 0 Å². The first-order valence-electron chi connectivity index (χ1n) is 1.65. The fourth-order valence-electron chi connectivity index (χ4n) is 0. The standard InChI is InChI=1S/C4H9P/c1-3-4(2)5/h3H,5H2,1-2H3/b4-3+. The summed E-state index contributed by atoms with van der Waals surface area (Å²) in [7, 11) is 2.59. The molecule has 0 amide bonds. The summed E-state index contributed by atoms with van der Waals surface area (Å²) in [4.78, 5) is 0. The van der Waals surface area contributed by atoms with Gasteiger partial charge >= 0.3 is 0 Å². The van der Waals surface area contributed by atoms with Crippen LogP contribution in [-0.2, 0) is 0 Å². The predicted molar refractivity (Wildman–Crippen MR) is 29.1 cm³/mol. The molecule has 0 aliphatic carbocycles. The van der Waals surface area contributed by atoms with Crippen molar-refractivity contribution < 1.29 is 0 Å². The summed E-state index contributed by atoms with van der Waals surface area (Å²) in [5.41, 5.74) is 0. The molecule has 0 bridgehead atoms. The van der Waals surface area contributed by atoms with Crippen molar-refractivity contribution in [2.45, 2.75) is 13.8 Å². The Morgan fingerprint density at radius 1 is 1.80 bits per heavy atom. The van der Waals surface area contributed by atoms with E-state index in [-0.39, 0.29) is 0 Å². The lowest BCUT2D eigenvalue weighted by molar-refractivity contribution is 1.60. The number of hydrogen-bond donors (Lipinski definition) is 0. The van der Waals surface area contributed by atoms with Crippen molar-refractivity contribution in [1.29, 1.82) is 0 Å². The molecule has 0 N–H and O–H groups in total. The minimum Gasteiger partial charge on any atom is -0.111 e. The second kappa shape index (κ2) is 2.41. The molecular formula is C4H9P. The fourth-order valence-corrected chi connectivity index (χ4v) is 0. The summed E-state index contributed by atoms with van der Waals surface area (Å²) >= 11 is 0. The van der Waals surface area contributed by atoms with Gasteiger partial charge in [0.1, 0.15) is 0 Å². The highest BCUT2D eigenvalue weighted by molar-refractivity contribution is 7.22. The molecular weight excluding hydrogens is 79.0 g/mol. The van der Waals surface area contributed by atoms with Crippen molar-refractivity contribution in [3.05, 3.63) is 11.4 Å². The van der Waals surface area contributed by atoms with Gasteiger partial charge in [-0.1, -0.05) is 11.4 Å². The highest BCUT2D eigenvalue weighted by Gasteiger charge is 1.60. The van der Waals surface area contributed by atoms with Gasteiger partial charge in [-0.05, 0) is 13.8 Å². The van der Waals surface area contributed by atoms with Crippen LogP contribution in [0.15, 0.2) is 11.4 Å². The van der Waals surface area contributed by atoms with E-state index in [4.69, 9.17) is 0 Å². The first-order valence-corrected chi connectivity index (χ1v) is 2.23. The Morgan fingerprint density at radius 2 is 2.00 bits per heavy atom. The van der Waals surface area contributed by atoms with Gasteiger partial charge < -0.3 is 0 Å². The largest absolute Gasteiger partial charge is 0.111 e. The van der Waals surface area contributed by atoms with E-state index < -0.39 is 0 Å². The predicted octanol–water partition coefficient (Wildman–Crippen LogP) is 1.79. The summed E-state index contributed by atoms with van der Waals surface area (Å²) in [6.07, 6.45) is 2.05. The third kappa shape index (κ3) is 4.17. The topological polar surface area (TPSA) is 0 Å². The Morgan fingerprint density at radius 3 is 2.00 bits per heavy atom. The van der Waals surface area contributed by atoms with Gasteiger partial charge in [0, 0.05) is 0 Å². The SMILES string of the molecule is C/C=C(\C)P. The van der Waals surface area contributed by atoms with Gasteiger partial charge in [0.15, 0.2) is 0 Å². The maximum atomic E-state index is 2.59. The van der Waals surface area contributed by atoms with Crippen molar-refractivity contribution in [2.75, 3.05) is 0 Å². The summed E-state index contributed by atoms with van der Waals surface area (Å²) in [6.45, 7) is 4.06. The average molecular weight is 88.1 g/mol. The van der Waals surface area contributed by atoms with E-state index in [0.717, 1.165) is 0 Å². The Labute approximate surface area is 35.5 Å². The van der Waals surface area contributed by atoms with Crippen LogP contribution in [0.4, 0.5) is 0 Å². The first-order chi connectivity index (χ1) is 2.27. The molecule has 0 saturated carbocycles. The molecule has 5 heavy (non-hydrogen) atoms. The van der Waals surface area contributed by atoms with E-state index >= 15 is 0 Å². The zero-order chi connectivity index (χ0) is 4.28. The van der Waals surface area contributed by atoms with Crippen LogP contribution < -0.4 is 0 Å². The van der Waals surface area contributed by atoms with Crippen LogP contribution in [0.1, 0.15) is 13.8 Å². The molecule has 1 heteroatoms. The summed E-state index contributed by atoms with van der Waals surface area (Å²) in [5.74, 6) is 0. The third-order valence-corrected chi connectivity index (χ3v) is 0.789. The van der Waals surface area contributed by atoms with Crippen molar-refractivity contribution >= 4 is 9.24 Å². The Bertz CT molecular complexity index is 41.6. The van der Waals surface area contributed by atoms with Crippen LogP contribution in [0.5, 0.6) is 0 Å². The van der Waals surface area contributed by atoms with Gasteiger partial charge in [-0.25, -0.2) is 0 Å². The highest BCUT2D eigenvalue weighted by Crippen LogP contribution is 1.98. The number of rotatable bonds is 0. The normalized spacial score (nSPS) is 12.2. The number of hydrogen-bond acceptors (Lipinski definition) is 0. The van der Waals surface area contributed by atoms with Crippen LogP contribution in [0.3, 0.4) is 0 Å². The fraction of sp³-hybridized carbons (Fsp3) is 0.500. The van der Waals surface area contributed by atoms with Crippen molar-refractivity contribution in [2.24, 2.45) is 0 Å². The van der Waals surface area contributed by atoms with Gasteiger partial charge in [-0.2, -0.15) is 0 Å².